The van der Waals surface area contributed by atoms with Crippen LogP contribution in [0.1, 0.15) is 13.3 Å². The molecule has 0 aliphatic rings. The van der Waals surface area contributed by atoms with Gasteiger partial charge in [0.15, 0.2) is 0 Å². The summed E-state index contributed by atoms with van der Waals surface area (Å²) in [5.74, 6) is -0.259. The standard InChI is InChI=1S/C11H16ClFN2/c1-8(5-6-14)15(2)11-7-9(12)3-4-10(11)13/h3-4,7-8H,5-6,14H2,1-2H3. The van der Waals surface area contributed by atoms with Gasteiger partial charge in [-0.15, -0.1) is 0 Å². The second-order valence-corrected chi connectivity index (χ2v) is 4.07. The normalized spacial score (nSPS) is 12.6. The van der Waals surface area contributed by atoms with E-state index in [9.17, 15) is 4.39 Å². The highest BCUT2D eigenvalue weighted by molar-refractivity contribution is 6.30. The number of nitrogens with zero attached hydrogens (tertiary/aromatic N) is 1. The molecule has 1 aromatic rings. The third-order valence-corrected chi connectivity index (χ3v) is 2.77. The van der Waals surface area contributed by atoms with Crippen LogP contribution in [0.25, 0.3) is 0 Å². The summed E-state index contributed by atoms with van der Waals surface area (Å²) in [6, 6.07) is 4.75. The molecule has 0 aromatic heterocycles. The summed E-state index contributed by atoms with van der Waals surface area (Å²) in [6.07, 6.45) is 0.822. The van der Waals surface area contributed by atoms with Gasteiger partial charge in [-0.2, -0.15) is 0 Å². The first-order chi connectivity index (χ1) is 7.06. The third kappa shape index (κ3) is 3.08. The lowest BCUT2D eigenvalue weighted by atomic mass is 10.2. The first-order valence-corrected chi connectivity index (χ1v) is 5.32. The summed E-state index contributed by atoms with van der Waals surface area (Å²) in [5, 5.41) is 0.540. The molecule has 1 aromatic carbocycles. The molecule has 1 rings (SSSR count). The zero-order chi connectivity index (χ0) is 11.4. The molecule has 0 aliphatic heterocycles. The highest BCUT2D eigenvalue weighted by Gasteiger charge is 2.13. The van der Waals surface area contributed by atoms with E-state index in [-0.39, 0.29) is 11.9 Å². The molecule has 0 saturated heterocycles. The molecule has 0 spiro atoms. The van der Waals surface area contributed by atoms with E-state index in [2.05, 4.69) is 0 Å². The second-order valence-electron chi connectivity index (χ2n) is 3.63. The number of anilines is 1. The Hall–Kier alpha value is -0.800. The highest BCUT2D eigenvalue weighted by Crippen LogP contribution is 2.24. The van der Waals surface area contributed by atoms with Crippen molar-refractivity contribution >= 4 is 17.3 Å². The van der Waals surface area contributed by atoms with Crippen LogP contribution in [0.5, 0.6) is 0 Å². The third-order valence-electron chi connectivity index (χ3n) is 2.53. The fraction of sp³-hybridized carbons (Fsp3) is 0.455. The van der Waals surface area contributed by atoms with Gasteiger partial charge in [0.05, 0.1) is 5.69 Å². The zero-order valence-corrected chi connectivity index (χ0v) is 9.76. The Morgan fingerprint density at radius 3 is 2.80 bits per heavy atom. The van der Waals surface area contributed by atoms with E-state index in [4.69, 9.17) is 17.3 Å². The minimum atomic E-state index is -0.259. The van der Waals surface area contributed by atoms with E-state index in [0.29, 0.717) is 17.3 Å². The fourth-order valence-corrected chi connectivity index (χ4v) is 1.59. The maximum atomic E-state index is 13.5. The summed E-state index contributed by atoms with van der Waals surface area (Å²) >= 11 is 5.82. The Morgan fingerprint density at radius 2 is 2.20 bits per heavy atom. The summed E-state index contributed by atoms with van der Waals surface area (Å²) in [7, 11) is 1.84. The van der Waals surface area contributed by atoms with Crippen LogP contribution in [0.15, 0.2) is 18.2 Å². The van der Waals surface area contributed by atoms with Crippen molar-refractivity contribution in [3.8, 4) is 0 Å². The number of nitrogens with two attached hydrogens (primary N) is 1. The van der Waals surface area contributed by atoms with E-state index in [1.165, 1.54) is 6.07 Å². The van der Waals surface area contributed by atoms with Gasteiger partial charge in [-0.25, -0.2) is 4.39 Å². The Bertz CT molecular complexity index is 330. The predicted octanol–water partition coefficient (Wildman–Crippen LogP) is 2.65. The molecule has 0 bridgehead atoms. The van der Waals surface area contributed by atoms with E-state index >= 15 is 0 Å². The number of halogens is 2. The Balaban J connectivity index is 2.89. The van der Waals surface area contributed by atoms with Gasteiger partial charge in [0.1, 0.15) is 5.82 Å². The molecule has 1 unspecified atom stereocenters. The van der Waals surface area contributed by atoms with Crippen molar-refractivity contribution in [2.75, 3.05) is 18.5 Å². The van der Waals surface area contributed by atoms with E-state index in [1.54, 1.807) is 12.1 Å². The molecule has 2 nitrogen and oxygen atoms in total. The van der Waals surface area contributed by atoms with Gasteiger partial charge < -0.3 is 10.6 Å². The Labute approximate surface area is 94.8 Å². The van der Waals surface area contributed by atoms with Gasteiger partial charge in [0, 0.05) is 18.1 Å². The monoisotopic (exact) mass is 230 g/mol. The lowest BCUT2D eigenvalue weighted by molar-refractivity contribution is 0.591. The van der Waals surface area contributed by atoms with Gasteiger partial charge in [-0.3, -0.25) is 0 Å². The second kappa shape index (κ2) is 5.33. The van der Waals surface area contributed by atoms with Crippen molar-refractivity contribution in [2.24, 2.45) is 5.73 Å². The Kier molecular flexibility index (Phi) is 4.36. The molecule has 0 aliphatic carbocycles. The van der Waals surface area contributed by atoms with Gasteiger partial charge in [0.25, 0.3) is 0 Å². The van der Waals surface area contributed by atoms with Crippen LogP contribution >= 0.6 is 11.6 Å². The highest BCUT2D eigenvalue weighted by atomic mass is 35.5. The van der Waals surface area contributed by atoms with Gasteiger partial charge >= 0.3 is 0 Å². The van der Waals surface area contributed by atoms with Gasteiger partial charge in [0.2, 0.25) is 0 Å². The first kappa shape index (κ1) is 12.3. The average molecular weight is 231 g/mol. The molecule has 84 valence electrons. The molecule has 15 heavy (non-hydrogen) atoms. The fourth-order valence-electron chi connectivity index (χ4n) is 1.43. The van der Waals surface area contributed by atoms with E-state index < -0.39 is 0 Å². The first-order valence-electron chi connectivity index (χ1n) is 4.94. The minimum Gasteiger partial charge on any atom is -0.369 e. The molecular formula is C11H16ClFN2. The SMILES string of the molecule is CC(CCN)N(C)c1cc(Cl)ccc1F. The van der Waals surface area contributed by atoms with Crippen molar-refractivity contribution in [1.29, 1.82) is 0 Å². The predicted molar refractivity (Wildman–Crippen MR) is 62.9 cm³/mol. The van der Waals surface area contributed by atoms with Crippen LogP contribution in [-0.4, -0.2) is 19.6 Å². The maximum Gasteiger partial charge on any atom is 0.146 e. The summed E-state index contributed by atoms with van der Waals surface area (Å²) < 4.78 is 13.5. The van der Waals surface area contributed by atoms with Crippen LogP contribution in [0.4, 0.5) is 10.1 Å². The van der Waals surface area contributed by atoms with Crippen LogP contribution in [0.3, 0.4) is 0 Å². The van der Waals surface area contributed by atoms with E-state index in [0.717, 1.165) is 6.42 Å². The number of hydrogen-bond acceptors (Lipinski definition) is 2. The number of benzene rings is 1. The molecule has 0 heterocycles. The summed E-state index contributed by atoms with van der Waals surface area (Å²) in [5.41, 5.74) is 5.98. The summed E-state index contributed by atoms with van der Waals surface area (Å²) in [4.78, 5) is 1.86. The molecule has 0 fully saturated rings. The van der Waals surface area contributed by atoms with Gasteiger partial charge in [-0.1, -0.05) is 11.6 Å². The molecule has 0 radical (unpaired) electrons. The molecule has 4 heteroatoms. The molecule has 1 atom stereocenters. The van der Waals surface area contributed by atoms with Crippen molar-refractivity contribution in [2.45, 2.75) is 19.4 Å². The van der Waals surface area contributed by atoms with Crippen LogP contribution in [-0.2, 0) is 0 Å². The number of hydrogen-bond donors (Lipinski definition) is 1. The zero-order valence-electron chi connectivity index (χ0n) is 9.00. The topological polar surface area (TPSA) is 29.3 Å². The van der Waals surface area contributed by atoms with Crippen molar-refractivity contribution < 1.29 is 4.39 Å². The minimum absolute atomic E-state index is 0.197. The smallest absolute Gasteiger partial charge is 0.146 e. The van der Waals surface area contributed by atoms with Crippen molar-refractivity contribution in [3.63, 3.8) is 0 Å². The average Bonchev–Trinajstić information content (AvgIpc) is 2.21. The lowest BCUT2D eigenvalue weighted by Crippen LogP contribution is -2.31. The largest absolute Gasteiger partial charge is 0.369 e. The quantitative estimate of drug-likeness (QED) is 0.862. The van der Waals surface area contributed by atoms with Crippen molar-refractivity contribution in [3.05, 3.63) is 29.0 Å². The number of rotatable bonds is 4. The molecular weight excluding hydrogens is 215 g/mol. The molecule has 0 saturated carbocycles. The lowest BCUT2D eigenvalue weighted by Gasteiger charge is -2.27. The van der Waals surface area contributed by atoms with E-state index in [1.807, 2.05) is 18.9 Å². The molecule has 2 N–H and O–H groups in total. The van der Waals surface area contributed by atoms with Gasteiger partial charge in [-0.05, 0) is 38.1 Å². The van der Waals surface area contributed by atoms with Crippen molar-refractivity contribution in [1.82, 2.24) is 0 Å². The van der Waals surface area contributed by atoms with Crippen LogP contribution in [0, 0.1) is 5.82 Å². The van der Waals surface area contributed by atoms with Crippen LogP contribution < -0.4 is 10.6 Å². The van der Waals surface area contributed by atoms with Crippen LogP contribution in [0.2, 0.25) is 5.02 Å². The molecule has 0 amide bonds. The maximum absolute atomic E-state index is 13.5. The Morgan fingerprint density at radius 1 is 1.53 bits per heavy atom. The summed E-state index contributed by atoms with van der Waals surface area (Å²) in [6.45, 7) is 2.60.